The molecule has 0 saturated carbocycles. The van der Waals surface area contributed by atoms with Gasteiger partial charge in [-0.3, -0.25) is 4.79 Å². The van der Waals surface area contributed by atoms with Crippen LogP contribution in [0.3, 0.4) is 0 Å². The molecule has 1 aromatic heterocycles. The van der Waals surface area contributed by atoms with E-state index in [1.165, 1.54) is 11.9 Å². The van der Waals surface area contributed by atoms with Gasteiger partial charge < -0.3 is 10.2 Å². The number of likely N-dealkylation sites (N-methyl/N-ethyl adjacent to an activating group) is 1. The largest absolute Gasteiger partial charge is 0.358 e. The highest BCUT2D eigenvalue weighted by molar-refractivity contribution is 5.80. The molecule has 1 amide bonds. The first-order valence-electron chi connectivity index (χ1n) is 5.46. The van der Waals surface area contributed by atoms with Gasteiger partial charge in [0.1, 0.15) is 0 Å². The average Bonchev–Trinajstić information content (AvgIpc) is 2.33. The summed E-state index contributed by atoms with van der Waals surface area (Å²) in [4.78, 5) is 15.7. The summed E-state index contributed by atoms with van der Waals surface area (Å²) in [6.45, 7) is 1.95. The monoisotopic (exact) mass is 261 g/mol. The van der Waals surface area contributed by atoms with Crippen molar-refractivity contribution in [2.45, 2.75) is 13.3 Å². The van der Waals surface area contributed by atoms with E-state index in [1.807, 2.05) is 6.92 Å². The molecule has 100 valence electrons. The first-order chi connectivity index (χ1) is 8.49. The Balaban J connectivity index is 3.05. The summed E-state index contributed by atoms with van der Waals surface area (Å²) < 4.78 is 39.3. The van der Waals surface area contributed by atoms with E-state index in [-0.39, 0.29) is 18.3 Å². The molecule has 0 fully saturated rings. The third-order valence-corrected chi connectivity index (χ3v) is 2.27. The Kier molecular flexibility index (Phi) is 4.94. The van der Waals surface area contributed by atoms with E-state index in [1.54, 1.807) is 0 Å². The molecule has 1 heterocycles. The number of halogens is 3. The molecule has 0 aliphatic rings. The molecule has 0 unspecified atom stereocenters. The summed E-state index contributed by atoms with van der Waals surface area (Å²) in [6, 6.07) is 0.421. The van der Waals surface area contributed by atoms with Crippen LogP contribution in [-0.4, -0.2) is 31.0 Å². The number of nitrogens with one attached hydrogen (secondary N) is 1. The Labute approximate surface area is 103 Å². The maximum Gasteiger partial charge on any atom is 0.251 e. The third-order valence-electron chi connectivity index (χ3n) is 2.27. The lowest BCUT2D eigenvalue weighted by Gasteiger charge is -2.22. The topological polar surface area (TPSA) is 45.2 Å². The molecule has 4 nitrogen and oxygen atoms in total. The molecule has 0 aromatic carbocycles. The van der Waals surface area contributed by atoms with E-state index in [0.717, 1.165) is 0 Å². The Morgan fingerprint density at radius 1 is 1.39 bits per heavy atom. The molecule has 0 aliphatic carbocycles. The van der Waals surface area contributed by atoms with Crippen LogP contribution in [-0.2, 0) is 4.79 Å². The van der Waals surface area contributed by atoms with E-state index in [9.17, 15) is 18.0 Å². The van der Waals surface area contributed by atoms with Gasteiger partial charge in [0.2, 0.25) is 5.91 Å². The van der Waals surface area contributed by atoms with E-state index < -0.39 is 17.6 Å². The molecule has 7 heteroatoms. The molecule has 0 spiro atoms. The zero-order chi connectivity index (χ0) is 13.7. The van der Waals surface area contributed by atoms with Crippen molar-refractivity contribution in [1.29, 1.82) is 0 Å². The summed E-state index contributed by atoms with van der Waals surface area (Å²) in [5, 5.41) is 2.37. The molecule has 1 aromatic rings. The zero-order valence-corrected chi connectivity index (χ0v) is 10.1. The Morgan fingerprint density at radius 3 is 2.61 bits per heavy atom. The third kappa shape index (κ3) is 3.35. The van der Waals surface area contributed by atoms with Gasteiger partial charge in [-0.1, -0.05) is 6.92 Å². The quantitative estimate of drug-likeness (QED) is 0.816. The number of nitrogens with zero attached hydrogens (tertiary/aromatic N) is 2. The van der Waals surface area contributed by atoms with Gasteiger partial charge in [0.15, 0.2) is 17.5 Å². The number of amides is 1. The van der Waals surface area contributed by atoms with Crippen LogP contribution in [0.5, 0.6) is 0 Å². The van der Waals surface area contributed by atoms with Crippen molar-refractivity contribution in [3.8, 4) is 0 Å². The molecule has 1 rings (SSSR count). The van der Waals surface area contributed by atoms with E-state index >= 15 is 0 Å². The lowest BCUT2D eigenvalue weighted by Crippen LogP contribution is -2.37. The number of aromatic nitrogens is 1. The maximum atomic E-state index is 13.5. The highest BCUT2D eigenvalue weighted by Gasteiger charge is 2.19. The fourth-order valence-electron chi connectivity index (χ4n) is 1.44. The Morgan fingerprint density at radius 2 is 2.06 bits per heavy atom. The van der Waals surface area contributed by atoms with Crippen LogP contribution >= 0.6 is 0 Å². The summed E-state index contributed by atoms with van der Waals surface area (Å²) in [6.07, 6.45) is 0.608. The van der Waals surface area contributed by atoms with Gasteiger partial charge in [0, 0.05) is 19.7 Å². The molecule has 0 saturated heterocycles. The van der Waals surface area contributed by atoms with Gasteiger partial charge >= 0.3 is 0 Å². The van der Waals surface area contributed by atoms with Crippen LogP contribution in [0.2, 0.25) is 0 Å². The highest BCUT2D eigenvalue weighted by Crippen LogP contribution is 2.18. The van der Waals surface area contributed by atoms with Crippen molar-refractivity contribution in [2.24, 2.45) is 0 Å². The van der Waals surface area contributed by atoms with Gasteiger partial charge in [-0.2, -0.15) is 9.37 Å². The summed E-state index contributed by atoms with van der Waals surface area (Å²) in [5.74, 6) is -4.46. The summed E-state index contributed by atoms with van der Waals surface area (Å²) in [7, 11) is 1.43. The smallest absolute Gasteiger partial charge is 0.251 e. The van der Waals surface area contributed by atoms with Gasteiger partial charge in [-0.15, -0.1) is 0 Å². The van der Waals surface area contributed by atoms with Crippen molar-refractivity contribution in [3.63, 3.8) is 0 Å². The maximum absolute atomic E-state index is 13.5. The van der Waals surface area contributed by atoms with E-state index in [0.29, 0.717) is 19.0 Å². The number of hydrogen-bond acceptors (Lipinski definition) is 3. The number of carbonyl (C=O) groups excluding carboxylic acids is 1. The number of carbonyl (C=O) groups is 1. The number of pyridine rings is 1. The van der Waals surface area contributed by atoms with Crippen molar-refractivity contribution >= 4 is 11.7 Å². The van der Waals surface area contributed by atoms with Crippen LogP contribution in [0, 0.1) is 17.6 Å². The summed E-state index contributed by atoms with van der Waals surface area (Å²) >= 11 is 0. The minimum absolute atomic E-state index is 0.167. The number of anilines is 1. The van der Waals surface area contributed by atoms with E-state index in [2.05, 4.69) is 10.3 Å². The van der Waals surface area contributed by atoms with Gasteiger partial charge in [0.05, 0.1) is 6.54 Å². The second kappa shape index (κ2) is 6.23. The predicted octanol–water partition coefficient (Wildman–Crippen LogP) is 1.46. The van der Waals surface area contributed by atoms with Crippen molar-refractivity contribution in [1.82, 2.24) is 10.3 Å². The molecular weight excluding hydrogens is 247 g/mol. The van der Waals surface area contributed by atoms with Crippen molar-refractivity contribution in [3.05, 3.63) is 23.6 Å². The molecule has 0 radical (unpaired) electrons. The standard InChI is InChI=1S/C11H14F3N3O/c1-3-4-17(6-9(18)15-2)11-8(13)5-7(12)10(14)16-11/h5H,3-4,6H2,1-2H3,(H,15,18). The van der Waals surface area contributed by atoms with Crippen molar-refractivity contribution < 1.29 is 18.0 Å². The average molecular weight is 261 g/mol. The molecule has 18 heavy (non-hydrogen) atoms. The second-order valence-corrected chi connectivity index (χ2v) is 3.66. The Hall–Kier alpha value is -1.79. The normalized spacial score (nSPS) is 10.3. The molecule has 0 aliphatic heterocycles. The lowest BCUT2D eigenvalue weighted by atomic mass is 10.3. The lowest BCUT2D eigenvalue weighted by molar-refractivity contribution is -0.119. The van der Waals surface area contributed by atoms with Crippen LogP contribution in [0.25, 0.3) is 0 Å². The molecule has 0 atom stereocenters. The zero-order valence-electron chi connectivity index (χ0n) is 10.1. The van der Waals surface area contributed by atoms with E-state index in [4.69, 9.17) is 0 Å². The number of hydrogen-bond donors (Lipinski definition) is 1. The Bertz CT molecular complexity index is 440. The predicted molar refractivity (Wildman–Crippen MR) is 60.7 cm³/mol. The van der Waals surface area contributed by atoms with Crippen LogP contribution in [0.15, 0.2) is 6.07 Å². The van der Waals surface area contributed by atoms with Crippen molar-refractivity contribution in [2.75, 3.05) is 25.0 Å². The van der Waals surface area contributed by atoms with Crippen LogP contribution < -0.4 is 10.2 Å². The fourth-order valence-corrected chi connectivity index (χ4v) is 1.44. The summed E-state index contributed by atoms with van der Waals surface area (Å²) in [5.41, 5.74) is 0. The first-order valence-corrected chi connectivity index (χ1v) is 5.46. The minimum atomic E-state index is -1.38. The number of rotatable bonds is 5. The minimum Gasteiger partial charge on any atom is -0.358 e. The van der Waals surface area contributed by atoms with Crippen LogP contribution in [0.1, 0.15) is 13.3 Å². The van der Waals surface area contributed by atoms with Crippen LogP contribution in [0.4, 0.5) is 19.0 Å². The van der Waals surface area contributed by atoms with Gasteiger partial charge in [-0.05, 0) is 6.42 Å². The fraction of sp³-hybridized carbons (Fsp3) is 0.455. The molecule has 1 N–H and O–H groups in total. The highest BCUT2D eigenvalue weighted by atomic mass is 19.2. The first kappa shape index (κ1) is 14.3. The second-order valence-electron chi connectivity index (χ2n) is 3.66. The van der Waals surface area contributed by atoms with Gasteiger partial charge in [-0.25, -0.2) is 8.78 Å². The molecule has 0 bridgehead atoms. The molecular formula is C11H14F3N3O. The SMILES string of the molecule is CCCN(CC(=O)NC)c1nc(F)c(F)cc1F. The van der Waals surface area contributed by atoms with Gasteiger partial charge in [0.25, 0.3) is 5.95 Å².